The molecule has 1 unspecified atom stereocenters. The highest BCUT2D eigenvalue weighted by atomic mass is 79.9. The van der Waals surface area contributed by atoms with Crippen LogP contribution in [0.15, 0.2) is 41.3 Å². The van der Waals surface area contributed by atoms with Crippen molar-refractivity contribution in [3.8, 4) is 0 Å². The number of aromatic nitrogens is 3. The van der Waals surface area contributed by atoms with Crippen molar-refractivity contribution in [2.75, 3.05) is 56.5 Å². The first-order valence-corrected chi connectivity index (χ1v) is 14.3. The van der Waals surface area contributed by atoms with E-state index < -0.39 is 5.60 Å². The topological polar surface area (TPSA) is 139 Å². The van der Waals surface area contributed by atoms with Crippen LogP contribution in [0.3, 0.4) is 0 Å². The Morgan fingerprint density at radius 1 is 1.18 bits per heavy atom. The third kappa shape index (κ3) is 7.70. The molecule has 40 heavy (non-hydrogen) atoms. The predicted octanol–water partition coefficient (Wildman–Crippen LogP) is 3.22. The second-order valence-corrected chi connectivity index (χ2v) is 12.4. The normalized spacial score (nSPS) is 17.4. The summed E-state index contributed by atoms with van der Waals surface area (Å²) in [7, 11) is 1.90. The minimum atomic E-state index is -0.907. The van der Waals surface area contributed by atoms with Crippen LogP contribution in [-0.2, 0) is 10.2 Å². The molecule has 4 rings (SSSR count). The Bertz CT molecular complexity index is 1320. The lowest BCUT2D eigenvalue weighted by Crippen LogP contribution is -2.45. The first kappa shape index (κ1) is 29.8. The summed E-state index contributed by atoms with van der Waals surface area (Å²) in [6.45, 7) is 9.15. The summed E-state index contributed by atoms with van der Waals surface area (Å²) < 4.78 is 0.887. The maximum atomic E-state index is 12.3. The van der Waals surface area contributed by atoms with E-state index in [4.69, 9.17) is 0 Å². The fraction of sp³-hybridized carbons (Fsp3) is 0.500. The second kappa shape index (κ2) is 12.5. The number of hydrogen-bond acceptors (Lipinski definition) is 7. The third-order valence-corrected chi connectivity index (χ3v) is 7.69. The van der Waals surface area contributed by atoms with E-state index >= 15 is 0 Å². The van der Waals surface area contributed by atoms with Gasteiger partial charge in [-0.1, -0.05) is 32.9 Å². The Morgan fingerprint density at radius 3 is 2.62 bits per heavy atom. The Morgan fingerprint density at radius 2 is 1.90 bits per heavy atom. The van der Waals surface area contributed by atoms with E-state index in [0.29, 0.717) is 57.8 Å². The van der Waals surface area contributed by atoms with Crippen LogP contribution in [0, 0.1) is 0 Å². The number of fused-ring (bicyclic) bond motifs is 1. The van der Waals surface area contributed by atoms with Crippen LogP contribution >= 0.6 is 15.9 Å². The van der Waals surface area contributed by atoms with Crippen molar-refractivity contribution in [3.05, 3.63) is 46.8 Å². The van der Waals surface area contributed by atoms with Gasteiger partial charge < -0.3 is 35.8 Å². The molecule has 11 nitrogen and oxygen atoms in total. The van der Waals surface area contributed by atoms with Crippen molar-refractivity contribution in [1.82, 2.24) is 30.5 Å². The highest BCUT2D eigenvalue weighted by Crippen LogP contribution is 2.34. The number of aliphatic hydroxyl groups is 1. The maximum absolute atomic E-state index is 12.3. The summed E-state index contributed by atoms with van der Waals surface area (Å²) in [5.74, 6) is 0.685. The van der Waals surface area contributed by atoms with Gasteiger partial charge in [0, 0.05) is 62.0 Å². The lowest BCUT2D eigenvalue weighted by Gasteiger charge is -2.29. The van der Waals surface area contributed by atoms with Crippen molar-refractivity contribution in [2.24, 2.45) is 0 Å². The molecule has 0 bridgehead atoms. The van der Waals surface area contributed by atoms with Gasteiger partial charge >= 0.3 is 6.03 Å². The molecule has 0 saturated carbocycles. The number of nitrogens with zero attached hydrogens (tertiary/aromatic N) is 4. The number of likely N-dealkylation sites (N-methyl/N-ethyl adjacent to an activating group) is 1. The number of hydrogen-bond donors (Lipinski definition) is 5. The molecule has 1 fully saturated rings. The zero-order valence-corrected chi connectivity index (χ0v) is 25.1. The van der Waals surface area contributed by atoms with Gasteiger partial charge in [-0.2, -0.15) is 0 Å². The molecule has 0 radical (unpaired) electrons. The summed E-state index contributed by atoms with van der Waals surface area (Å²) in [5, 5.41) is 20.5. The molecule has 1 atom stereocenters. The van der Waals surface area contributed by atoms with Crippen molar-refractivity contribution < 1.29 is 14.7 Å². The molecule has 1 aliphatic rings. The summed E-state index contributed by atoms with van der Waals surface area (Å²) in [5.41, 5.74) is 1.80. The Kier molecular flexibility index (Phi) is 9.32. The van der Waals surface area contributed by atoms with Crippen LogP contribution < -0.4 is 20.9 Å². The third-order valence-electron chi connectivity index (χ3n) is 7.06. The van der Waals surface area contributed by atoms with Gasteiger partial charge in [0.25, 0.3) is 0 Å². The number of carbonyl (C=O) groups is 2. The molecule has 3 aromatic rings. The average molecular weight is 616 g/mol. The zero-order chi connectivity index (χ0) is 28.9. The molecular weight excluding hydrogens is 576 g/mol. The SMILES string of the molecule is CN(CCC(=O)NCCNC(=O)Nc1ccc(C(C)(C)C)cc1)CC1(O)CCN(c2ncnc3[nH]cc(Br)c23)C1. The van der Waals surface area contributed by atoms with Crippen molar-refractivity contribution in [1.29, 1.82) is 0 Å². The number of β-amino-alcohol motifs (C(OH)–C–C–N with tert-alkyl or cyclic N) is 1. The lowest BCUT2D eigenvalue weighted by molar-refractivity contribution is -0.121. The largest absolute Gasteiger partial charge is 0.387 e. The number of carbonyl (C=O) groups excluding carboxylic acids is 2. The second-order valence-electron chi connectivity index (χ2n) is 11.5. The number of anilines is 2. The van der Waals surface area contributed by atoms with Gasteiger partial charge in [0.05, 0.1) is 11.0 Å². The number of urea groups is 1. The maximum Gasteiger partial charge on any atom is 0.319 e. The molecule has 0 spiro atoms. The number of H-pyrrole nitrogens is 1. The number of amides is 3. The fourth-order valence-corrected chi connectivity index (χ4v) is 5.36. The van der Waals surface area contributed by atoms with Crippen LogP contribution in [-0.4, -0.2) is 88.8 Å². The molecule has 216 valence electrons. The van der Waals surface area contributed by atoms with E-state index in [-0.39, 0.29) is 17.4 Å². The monoisotopic (exact) mass is 614 g/mol. The molecule has 3 amide bonds. The van der Waals surface area contributed by atoms with Crippen molar-refractivity contribution >= 4 is 50.4 Å². The van der Waals surface area contributed by atoms with Crippen LogP contribution in [0.1, 0.15) is 39.2 Å². The molecule has 0 aliphatic carbocycles. The molecule has 5 N–H and O–H groups in total. The van der Waals surface area contributed by atoms with Gasteiger partial charge in [-0.3, -0.25) is 4.79 Å². The molecule has 2 aromatic heterocycles. The molecular formula is C28H39BrN8O3. The lowest BCUT2D eigenvalue weighted by atomic mass is 9.87. The molecule has 12 heteroatoms. The first-order valence-electron chi connectivity index (χ1n) is 13.5. The number of aromatic amines is 1. The van der Waals surface area contributed by atoms with Gasteiger partial charge in [-0.05, 0) is 52.5 Å². The standard InChI is InChI=1S/C28H39BrN8O3/c1-27(2,3)19-5-7-20(8-6-19)35-26(39)31-12-11-30-22(38)9-13-36(4)16-28(40)10-14-37(17-28)25-23-21(29)15-32-24(23)33-18-34-25/h5-8,15,18,40H,9-14,16-17H2,1-4H3,(H,30,38)(H2,31,35,39)(H,32,33,34). The number of halogens is 1. The molecule has 1 aliphatic heterocycles. The van der Waals surface area contributed by atoms with E-state index in [2.05, 4.69) is 72.5 Å². The Hall–Kier alpha value is -3.22. The molecule has 3 heterocycles. The first-order chi connectivity index (χ1) is 18.9. The summed E-state index contributed by atoms with van der Waals surface area (Å²) in [4.78, 5) is 40.4. The minimum Gasteiger partial charge on any atom is -0.387 e. The number of benzene rings is 1. The van der Waals surface area contributed by atoms with Gasteiger partial charge in [0.2, 0.25) is 5.91 Å². The van der Waals surface area contributed by atoms with E-state index in [1.54, 1.807) is 0 Å². The number of rotatable bonds is 10. The zero-order valence-electron chi connectivity index (χ0n) is 23.6. The van der Waals surface area contributed by atoms with Crippen molar-refractivity contribution in [3.63, 3.8) is 0 Å². The average Bonchev–Trinajstić information content (AvgIpc) is 3.48. The molecule has 1 aromatic carbocycles. The smallest absolute Gasteiger partial charge is 0.319 e. The van der Waals surface area contributed by atoms with Crippen LogP contribution in [0.25, 0.3) is 11.0 Å². The van der Waals surface area contributed by atoms with Gasteiger partial charge in [0.1, 0.15) is 17.8 Å². The van der Waals surface area contributed by atoms with Crippen LogP contribution in [0.5, 0.6) is 0 Å². The van der Waals surface area contributed by atoms with Gasteiger partial charge in [-0.25, -0.2) is 14.8 Å². The highest BCUT2D eigenvalue weighted by Gasteiger charge is 2.38. The Labute approximate surface area is 243 Å². The van der Waals surface area contributed by atoms with E-state index in [1.807, 2.05) is 42.4 Å². The van der Waals surface area contributed by atoms with Crippen molar-refractivity contribution in [2.45, 2.75) is 44.6 Å². The van der Waals surface area contributed by atoms with Crippen LogP contribution in [0.2, 0.25) is 0 Å². The number of nitrogens with one attached hydrogen (secondary N) is 4. The summed E-state index contributed by atoms with van der Waals surface area (Å²) in [6.07, 6.45) is 4.26. The van der Waals surface area contributed by atoms with E-state index in [0.717, 1.165) is 21.3 Å². The van der Waals surface area contributed by atoms with Crippen LogP contribution in [0.4, 0.5) is 16.3 Å². The Balaban J connectivity index is 1.13. The predicted molar refractivity (Wildman–Crippen MR) is 161 cm³/mol. The van der Waals surface area contributed by atoms with Gasteiger partial charge in [-0.15, -0.1) is 0 Å². The fourth-order valence-electron chi connectivity index (χ4n) is 4.88. The van der Waals surface area contributed by atoms with E-state index in [1.165, 1.54) is 11.9 Å². The summed E-state index contributed by atoms with van der Waals surface area (Å²) in [6, 6.07) is 7.46. The highest BCUT2D eigenvalue weighted by molar-refractivity contribution is 9.10. The van der Waals surface area contributed by atoms with Gasteiger partial charge in [0.15, 0.2) is 0 Å². The molecule has 1 saturated heterocycles. The summed E-state index contributed by atoms with van der Waals surface area (Å²) >= 11 is 3.55. The quantitative estimate of drug-likeness (QED) is 0.221. The van der Waals surface area contributed by atoms with E-state index in [9.17, 15) is 14.7 Å². The minimum absolute atomic E-state index is 0.0527.